The Morgan fingerprint density at radius 2 is 1.10 bits per heavy atom. The fourth-order valence-corrected chi connectivity index (χ4v) is 2.05. The molecule has 2 rings (SSSR count). The summed E-state index contributed by atoms with van der Waals surface area (Å²) in [7, 11) is 1.95. The van der Waals surface area contributed by atoms with Gasteiger partial charge in [-0.2, -0.15) is 0 Å². The van der Waals surface area contributed by atoms with Crippen LogP contribution in [0.3, 0.4) is 0 Å². The van der Waals surface area contributed by atoms with E-state index in [1.165, 1.54) is 0 Å². The Hall–Kier alpha value is -1.52. The first kappa shape index (κ1) is 15.9. The molecule has 0 atom stereocenters. The Balaban J connectivity index is 2.31. The van der Waals surface area contributed by atoms with E-state index in [9.17, 15) is 0 Å². The van der Waals surface area contributed by atoms with Gasteiger partial charge in [-0.3, -0.25) is 0 Å². The molecule has 2 heterocycles. The van der Waals surface area contributed by atoms with E-state index in [2.05, 4.69) is 77.7 Å². The summed E-state index contributed by atoms with van der Waals surface area (Å²) in [6, 6.07) is 4.28. The van der Waals surface area contributed by atoms with Crippen molar-refractivity contribution in [2.24, 2.45) is 0 Å². The third kappa shape index (κ3) is 3.39. The molecule has 5 heteroatoms. The minimum absolute atomic E-state index is 0.0551. The van der Waals surface area contributed by atoms with Gasteiger partial charge in [0.25, 0.3) is 0 Å². The van der Waals surface area contributed by atoms with Crippen LogP contribution in [0.1, 0.15) is 64.3 Å². The van der Waals surface area contributed by atoms with Gasteiger partial charge in [-0.1, -0.05) is 41.5 Å². The molecule has 0 spiro atoms. The number of hydrogen-bond acceptors (Lipinski definition) is 2. The van der Waals surface area contributed by atoms with E-state index in [0.717, 1.165) is 22.8 Å². The Labute approximate surface area is 128 Å². The highest BCUT2D eigenvalue weighted by Gasteiger charge is 2.18. The molecule has 2 aromatic rings. The van der Waals surface area contributed by atoms with Crippen LogP contribution < -0.4 is 0 Å². The van der Waals surface area contributed by atoms with Gasteiger partial charge in [-0.15, -0.1) is 0 Å². The standard InChI is InChI=1S/C16H26BN4/c1-11-9-13(15(3,4)5)18-20(11)17-21-12(2)10-14(19-21)16(6,7)8/h9-10H,1-8H3/q-1. The molecule has 0 aliphatic heterocycles. The molecule has 0 bridgehead atoms. The molecular weight excluding hydrogens is 259 g/mol. The Kier molecular flexibility index (Phi) is 3.81. The molecule has 0 fully saturated rings. The molecule has 2 radical (unpaired) electrons. The first-order valence-electron chi connectivity index (χ1n) is 7.47. The second-order valence-electron chi connectivity index (χ2n) is 7.85. The lowest BCUT2D eigenvalue weighted by molar-refractivity contribution is 0.559. The summed E-state index contributed by atoms with van der Waals surface area (Å²) in [5.74, 6) is 0. The van der Waals surface area contributed by atoms with E-state index >= 15 is 0 Å². The predicted octanol–water partition coefficient (Wildman–Crippen LogP) is 3.22. The van der Waals surface area contributed by atoms with Crippen LogP contribution in [-0.2, 0) is 10.8 Å². The topological polar surface area (TPSA) is 35.6 Å². The van der Waals surface area contributed by atoms with Crippen molar-refractivity contribution in [3.8, 4) is 0 Å². The van der Waals surface area contributed by atoms with Gasteiger partial charge in [0.1, 0.15) is 0 Å². The second kappa shape index (κ2) is 5.04. The highest BCUT2D eigenvalue weighted by Crippen LogP contribution is 2.22. The van der Waals surface area contributed by atoms with Crippen molar-refractivity contribution in [3.05, 3.63) is 34.9 Å². The van der Waals surface area contributed by atoms with Crippen LogP contribution in [0.25, 0.3) is 0 Å². The zero-order valence-corrected chi connectivity index (χ0v) is 14.5. The Bertz CT molecular complexity index is 582. The smallest absolute Gasteiger partial charge is 0.0633 e. The number of rotatable bonds is 2. The van der Waals surface area contributed by atoms with E-state index < -0.39 is 0 Å². The van der Waals surface area contributed by atoms with Crippen LogP contribution in [0.4, 0.5) is 0 Å². The summed E-state index contributed by atoms with van der Waals surface area (Å²) in [6.07, 6.45) is 0. The van der Waals surface area contributed by atoms with Crippen molar-refractivity contribution >= 4 is 7.55 Å². The Morgan fingerprint density at radius 1 is 0.762 bits per heavy atom. The number of aromatic nitrogens is 4. The van der Waals surface area contributed by atoms with Gasteiger partial charge in [0.15, 0.2) is 0 Å². The first-order valence-corrected chi connectivity index (χ1v) is 7.47. The number of aryl methyl sites for hydroxylation is 2. The van der Waals surface area contributed by atoms with Crippen molar-refractivity contribution < 1.29 is 0 Å². The van der Waals surface area contributed by atoms with Gasteiger partial charge in [-0.25, -0.2) is 10.2 Å². The lowest BCUT2D eigenvalue weighted by atomic mass is 9.92. The minimum Gasteiger partial charge on any atom is -0.486 e. The van der Waals surface area contributed by atoms with Gasteiger partial charge in [0.2, 0.25) is 0 Å². The van der Waals surface area contributed by atoms with Gasteiger partial charge in [0, 0.05) is 10.8 Å². The number of nitrogens with zero attached hydrogens (tertiary/aromatic N) is 4. The van der Waals surface area contributed by atoms with E-state index in [-0.39, 0.29) is 10.8 Å². The molecule has 21 heavy (non-hydrogen) atoms. The van der Waals surface area contributed by atoms with Gasteiger partial charge in [-0.05, 0) is 44.9 Å². The first-order chi connectivity index (χ1) is 9.48. The average molecular weight is 285 g/mol. The van der Waals surface area contributed by atoms with Gasteiger partial charge >= 0.3 is 0 Å². The molecule has 0 N–H and O–H groups in total. The highest BCUT2D eigenvalue weighted by atomic mass is 15.3. The lowest BCUT2D eigenvalue weighted by Gasteiger charge is -2.23. The zero-order valence-electron chi connectivity index (χ0n) is 14.5. The fourth-order valence-electron chi connectivity index (χ4n) is 2.05. The zero-order chi connectivity index (χ0) is 16.0. The summed E-state index contributed by atoms with van der Waals surface area (Å²) in [5, 5.41) is 9.38. The molecule has 4 nitrogen and oxygen atoms in total. The summed E-state index contributed by atoms with van der Waals surface area (Å²) >= 11 is 0. The van der Waals surface area contributed by atoms with Crippen LogP contribution in [0.15, 0.2) is 12.1 Å². The third-order valence-electron chi connectivity index (χ3n) is 3.60. The third-order valence-corrected chi connectivity index (χ3v) is 3.60. The monoisotopic (exact) mass is 285 g/mol. The SMILES string of the molecule is Cc1cc(C(C)(C)C)nn1[B-]n1nc(C(C)(C)C)cc1C. The van der Waals surface area contributed by atoms with Crippen LogP contribution in [0.2, 0.25) is 0 Å². The normalized spacial score (nSPS) is 13.0. The average Bonchev–Trinajstić information content (AvgIpc) is 2.84. The highest BCUT2D eigenvalue weighted by molar-refractivity contribution is 6.31. The van der Waals surface area contributed by atoms with Crippen LogP contribution >= 0.6 is 0 Å². The molecule has 2 aromatic heterocycles. The largest absolute Gasteiger partial charge is 0.486 e. The molecule has 0 aliphatic rings. The van der Waals surface area contributed by atoms with Gasteiger partial charge in [0.05, 0.1) is 11.4 Å². The van der Waals surface area contributed by atoms with Crippen LogP contribution in [0.5, 0.6) is 0 Å². The lowest BCUT2D eigenvalue weighted by Crippen LogP contribution is -2.23. The summed E-state index contributed by atoms with van der Waals surface area (Å²) < 4.78 is 3.82. The Morgan fingerprint density at radius 3 is 1.33 bits per heavy atom. The quantitative estimate of drug-likeness (QED) is 0.794. The minimum atomic E-state index is 0.0551. The molecule has 0 amide bonds. The van der Waals surface area contributed by atoms with E-state index in [4.69, 9.17) is 0 Å². The van der Waals surface area contributed by atoms with Crippen molar-refractivity contribution in [1.29, 1.82) is 0 Å². The summed E-state index contributed by atoms with van der Waals surface area (Å²) in [6.45, 7) is 17.2. The van der Waals surface area contributed by atoms with E-state index in [1.54, 1.807) is 0 Å². The second-order valence-corrected chi connectivity index (χ2v) is 7.85. The van der Waals surface area contributed by atoms with Crippen LogP contribution in [0, 0.1) is 13.8 Å². The van der Waals surface area contributed by atoms with E-state index in [0.29, 0.717) is 0 Å². The van der Waals surface area contributed by atoms with Gasteiger partial charge < -0.3 is 9.19 Å². The number of hydrogen-bond donors (Lipinski definition) is 0. The molecule has 0 unspecified atom stereocenters. The molecule has 0 saturated carbocycles. The molecule has 114 valence electrons. The molecule has 0 saturated heterocycles. The van der Waals surface area contributed by atoms with Crippen molar-refractivity contribution in [2.45, 2.75) is 66.2 Å². The molecule has 0 aliphatic carbocycles. The molecule has 0 aromatic carbocycles. The maximum absolute atomic E-state index is 4.69. The summed E-state index contributed by atoms with van der Waals surface area (Å²) in [5.41, 5.74) is 4.53. The maximum Gasteiger partial charge on any atom is 0.0633 e. The van der Waals surface area contributed by atoms with Crippen LogP contribution in [-0.4, -0.2) is 26.9 Å². The molecular formula is C16H26BN4-. The van der Waals surface area contributed by atoms with Crippen molar-refractivity contribution in [2.75, 3.05) is 0 Å². The fraction of sp³-hybridized carbons (Fsp3) is 0.625. The van der Waals surface area contributed by atoms with Crippen molar-refractivity contribution in [1.82, 2.24) is 19.4 Å². The van der Waals surface area contributed by atoms with E-state index in [1.807, 2.05) is 16.7 Å². The maximum atomic E-state index is 4.69. The summed E-state index contributed by atoms with van der Waals surface area (Å²) in [4.78, 5) is 0. The predicted molar refractivity (Wildman–Crippen MR) is 87.9 cm³/mol. The van der Waals surface area contributed by atoms with Crippen molar-refractivity contribution in [3.63, 3.8) is 0 Å².